The zero-order valence-electron chi connectivity index (χ0n) is 42.7. The molecule has 0 radical (unpaired) electrons. The number of hydrogen-bond acceptors (Lipinski definition) is 3. The maximum atomic E-state index is 6.97. The standard InChI is InChI=1S/C65H59BN4O/c1-62(2,3)37-20-22-38(23-21-37)67-52-34-58-45(46-30-49-50(32-57(46)71-58)64(6,7)27-26-63(49,4)5)28-43(52)40-24-25-41-44-29-48-42(39-18-14-15-19-47(39)65(48,8)9)31-54(44)70-55-35-56-53(33-51(55)66-59(40)60(41)70)68-61(69(56)10)36-16-12-11-13-17-36/h11-25,28-35,66-67H,26-27H2,1-10H3. The molecule has 348 valence electrons. The highest BCUT2D eigenvalue weighted by Crippen LogP contribution is 2.53. The number of aromatic nitrogens is 3. The summed E-state index contributed by atoms with van der Waals surface area (Å²) in [6, 6.07) is 52.8. The van der Waals surface area contributed by atoms with Crippen molar-refractivity contribution < 1.29 is 4.42 Å². The van der Waals surface area contributed by atoms with Gasteiger partial charge < -0.3 is 18.9 Å². The van der Waals surface area contributed by atoms with E-state index in [0.29, 0.717) is 0 Å². The summed E-state index contributed by atoms with van der Waals surface area (Å²) < 4.78 is 11.8. The summed E-state index contributed by atoms with van der Waals surface area (Å²) in [6.07, 6.45) is 2.32. The minimum Gasteiger partial charge on any atom is -0.456 e. The molecule has 1 aliphatic heterocycles. The lowest BCUT2D eigenvalue weighted by Crippen LogP contribution is -2.37. The number of fused-ring (bicyclic) bond motifs is 13. The lowest BCUT2D eigenvalue weighted by Gasteiger charge is -2.41. The first kappa shape index (κ1) is 42.6. The van der Waals surface area contributed by atoms with Gasteiger partial charge in [-0.3, -0.25) is 0 Å². The van der Waals surface area contributed by atoms with Gasteiger partial charge in [-0.25, -0.2) is 4.98 Å². The average molecular weight is 923 g/mol. The number of rotatable bonds is 4. The number of benzene rings is 8. The average Bonchev–Trinajstić information content (AvgIpc) is 4.05. The highest BCUT2D eigenvalue weighted by molar-refractivity contribution is 6.73. The monoisotopic (exact) mass is 922 g/mol. The molecule has 2 aliphatic carbocycles. The fraction of sp³-hybridized carbons (Fsp3) is 0.246. The Morgan fingerprint density at radius 1 is 0.592 bits per heavy atom. The van der Waals surface area contributed by atoms with Crippen LogP contribution in [0.25, 0.3) is 94.1 Å². The molecule has 6 heteroatoms. The van der Waals surface area contributed by atoms with Gasteiger partial charge in [0.1, 0.15) is 17.0 Å². The predicted octanol–water partition coefficient (Wildman–Crippen LogP) is 15.3. The third kappa shape index (κ3) is 6.03. The minimum absolute atomic E-state index is 0.0508. The Morgan fingerprint density at radius 3 is 2.04 bits per heavy atom. The zero-order valence-corrected chi connectivity index (χ0v) is 42.7. The van der Waals surface area contributed by atoms with Gasteiger partial charge in [0.15, 0.2) is 7.28 Å². The van der Waals surface area contributed by atoms with Crippen LogP contribution < -0.4 is 16.2 Å². The van der Waals surface area contributed by atoms with Crippen LogP contribution in [-0.2, 0) is 28.7 Å². The van der Waals surface area contributed by atoms with Crippen LogP contribution in [0.3, 0.4) is 0 Å². The first-order valence-corrected chi connectivity index (χ1v) is 25.7. The molecule has 0 amide bonds. The van der Waals surface area contributed by atoms with Crippen molar-refractivity contribution in [2.24, 2.45) is 7.05 Å². The van der Waals surface area contributed by atoms with E-state index in [4.69, 9.17) is 9.40 Å². The summed E-state index contributed by atoms with van der Waals surface area (Å²) in [5.74, 6) is 0.973. The number of furan rings is 1. The van der Waals surface area contributed by atoms with E-state index in [1.54, 1.807) is 0 Å². The van der Waals surface area contributed by atoms with Crippen molar-refractivity contribution in [3.05, 3.63) is 167 Å². The summed E-state index contributed by atoms with van der Waals surface area (Å²) in [7, 11) is 2.92. The highest BCUT2D eigenvalue weighted by atomic mass is 16.3. The summed E-state index contributed by atoms with van der Waals surface area (Å²) in [5, 5.41) is 8.87. The Morgan fingerprint density at radius 2 is 1.28 bits per heavy atom. The Balaban J connectivity index is 1.06. The molecule has 0 spiro atoms. The Labute approximate surface area is 416 Å². The summed E-state index contributed by atoms with van der Waals surface area (Å²) in [5.41, 5.74) is 25.6. The molecule has 0 bridgehead atoms. The molecule has 3 aromatic heterocycles. The third-order valence-corrected chi connectivity index (χ3v) is 17.4. The molecule has 4 heterocycles. The maximum Gasteiger partial charge on any atom is 0.198 e. The lowest BCUT2D eigenvalue weighted by atomic mass is 9.59. The number of imidazole rings is 1. The first-order chi connectivity index (χ1) is 33.9. The molecule has 11 aromatic rings. The number of anilines is 2. The fourth-order valence-electron chi connectivity index (χ4n) is 13.1. The van der Waals surface area contributed by atoms with Crippen LogP contribution in [0.2, 0.25) is 0 Å². The molecular weight excluding hydrogens is 864 g/mol. The van der Waals surface area contributed by atoms with Crippen LogP contribution in [0.4, 0.5) is 11.4 Å². The molecule has 0 unspecified atom stereocenters. The van der Waals surface area contributed by atoms with Gasteiger partial charge in [-0.05, 0) is 134 Å². The Bertz CT molecular complexity index is 4110. The van der Waals surface area contributed by atoms with Crippen LogP contribution in [0, 0.1) is 0 Å². The van der Waals surface area contributed by atoms with E-state index in [9.17, 15) is 0 Å². The van der Waals surface area contributed by atoms with E-state index >= 15 is 0 Å². The van der Waals surface area contributed by atoms with Crippen molar-refractivity contribution in [1.82, 2.24) is 14.1 Å². The molecule has 71 heavy (non-hydrogen) atoms. The van der Waals surface area contributed by atoms with E-state index in [1.807, 2.05) is 0 Å². The van der Waals surface area contributed by atoms with Gasteiger partial charge >= 0.3 is 0 Å². The normalized spacial score (nSPS) is 16.1. The number of aryl methyl sites for hydroxylation is 1. The van der Waals surface area contributed by atoms with Gasteiger partial charge in [0.2, 0.25) is 0 Å². The van der Waals surface area contributed by atoms with Gasteiger partial charge in [-0.15, -0.1) is 0 Å². The van der Waals surface area contributed by atoms with E-state index in [0.717, 1.165) is 76.0 Å². The molecule has 1 N–H and O–H groups in total. The van der Waals surface area contributed by atoms with Gasteiger partial charge in [0, 0.05) is 68.1 Å². The lowest BCUT2D eigenvalue weighted by molar-refractivity contribution is 0.332. The van der Waals surface area contributed by atoms with Crippen molar-refractivity contribution in [2.75, 3.05) is 5.32 Å². The molecule has 14 rings (SSSR count). The van der Waals surface area contributed by atoms with Gasteiger partial charge in [0.05, 0.1) is 22.2 Å². The van der Waals surface area contributed by atoms with Crippen molar-refractivity contribution in [1.29, 1.82) is 0 Å². The number of nitrogens with zero attached hydrogens (tertiary/aromatic N) is 3. The molecule has 8 aromatic carbocycles. The van der Waals surface area contributed by atoms with Gasteiger partial charge in [-0.1, -0.05) is 147 Å². The predicted molar refractivity (Wildman–Crippen MR) is 301 cm³/mol. The van der Waals surface area contributed by atoms with Crippen molar-refractivity contribution in [3.63, 3.8) is 0 Å². The Hall–Kier alpha value is -7.31. The van der Waals surface area contributed by atoms with Crippen LogP contribution in [0.15, 0.2) is 144 Å². The molecule has 0 atom stereocenters. The first-order valence-electron chi connectivity index (χ1n) is 25.7. The van der Waals surface area contributed by atoms with E-state index in [2.05, 4.69) is 223 Å². The molecule has 5 nitrogen and oxygen atoms in total. The topological polar surface area (TPSA) is 47.9 Å². The zero-order chi connectivity index (χ0) is 48.7. The summed E-state index contributed by atoms with van der Waals surface area (Å²) in [4.78, 5) is 5.34. The second-order valence-electron chi connectivity index (χ2n) is 24.0. The molecule has 0 fully saturated rings. The molecule has 0 saturated carbocycles. The maximum absolute atomic E-state index is 6.97. The SMILES string of the molecule is Cn1c(-c2ccccc2)nc2cc3c(cc21)-n1c2cc4c(cc2c2ccc(-c5cc6c(cc5Nc5ccc(C(C)(C)C)cc5)oc5cc7c(cc56)C(C)(C)CCC7(C)C)c(c21)B3)C(C)(C)c1ccccc1-4. The van der Waals surface area contributed by atoms with Crippen LogP contribution in [-0.4, -0.2) is 21.4 Å². The van der Waals surface area contributed by atoms with E-state index < -0.39 is 0 Å². The smallest absolute Gasteiger partial charge is 0.198 e. The molecular formula is C65H59BN4O. The Kier molecular flexibility index (Phi) is 8.50. The molecule has 0 saturated heterocycles. The number of nitrogens with one attached hydrogen (secondary N) is 1. The van der Waals surface area contributed by atoms with Crippen molar-refractivity contribution in [2.45, 2.75) is 96.8 Å². The molecule has 3 aliphatic rings. The van der Waals surface area contributed by atoms with E-state index in [-0.39, 0.29) is 21.7 Å². The van der Waals surface area contributed by atoms with Crippen LogP contribution in [0.1, 0.15) is 103 Å². The fourth-order valence-corrected chi connectivity index (χ4v) is 13.1. The second-order valence-corrected chi connectivity index (χ2v) is 24.0. The summed E-state index contributed by atoms with van der Waals surface area (Å²) in [6.45, 7) is 21.2. The van der Waals surface area contributed by atoms with Gasteiger partial charge in [0.25, 0.3) is 0 Å². The quantitative estimate of drug-likeness (QED) is 0.179. The number of hydrogen-bond donors (Lipinski definition) is 1. The minimum atomic E-state index is -0.122. The van der Waals surface area contributed by atoms with Gasteiger partial charge in [-0.2, -0.15) is 0 Å². The van der Waals surface area contributed by atoms with Crippen molar-refractivity contribution >= 4 is 84.4 Å². The third-order valence-electron chi connectivity index (χ3n) is 17.4. The summed E-state index contributed by atoms with van der Waals surface area (Å²) >= 11 is 0. The van der Waals surface area contributed by atoms with Crippen LogP contribution in [0.5, 0.6) is 0 Å². The largest absolute Gasteiger partial charge is 0.456 e. The highest BCUT2D eigenvalue weighted by Gasteiger charge is 2.39. The van der Waals surface area contributed by atoms with Crippen LogP contribution >= 0.6 is 0 Å². The van der Waals surface area contributed by atoms with Crippen molar-refractivity contribution in [3.8, 4) is 39.3 Å². The second kappa shape index (κ2) is 14.2. The van der Waals surface area contributed by atoms with E-state index in [1.165, 1.54) is 88.3 Å².